The molecule has 0 bridgehead atoms. The van der Waals surface area contributed by atoms with Crippen molar-refractivity contribution < 1.29 is 13.5 Å². The van der Waals surface area contributed by atoms with E-state index in [9.17, 15) is 8.78 Å². The van der Waals surface area contributed by atoms with Crippen molar-refractivity contribution in [3.8, 4) is 5.75 Å². The van der Waals surface area contributed by atoms with Crippen LogP contribution in [0.3, 0.4) is 0 Å². The Morgan fingerprint density at radius 3 is 2.74 bits per heavy atom. The van der Waals surface area contributed by atoms with Gasteiger partial charge in [-0.3, -0.25) is 0 Å². The lowest BCUT2D eigenvalue weighted by Gasteiger charge is -2.25. The number of aromatic amines is 1. The molecule has 1 atom stereocenters. The first-order valence-corrected chi connectivity index (χ1v) is 13.2. The second kappa shape index (κ2) is 10.8. The van der Waals surface area contributed by atoms with Crippen molar-refractivity contribution in [2.75, 3.05) is 18.1 Å². The normalized spacial score (nSPS) is 15.6. The number of benzene rings is 2. The number of nitrogens with zero attached hydrogens (tertiary/aromatic N) is 5. The van der Waals surface area contributed by atoms with Gasteiger partial charge in [-0.05, 0) is 68.0 Å². The van der Waals surface area contributed by atoms with Crippen molar-refractivity contribution in [3.63, 3.8) is 0 Å². The molecule has 2 aromatic carbocycles. The molecule has 3 aromatic heterocycles. The van der Waals surface area contributed by atoms with Gasteiger partial charge in [0.05, 0.1) is 17.9 Å². The largest absolute Gasteiger partial charge is 0.489 e. The van der Waals surface area contributed by atoms with Crippen molar-refractivity contribution >= 4 is 27.9 Å². The molecule has 7 nitrogen and oxygen atoms in total. The number of fused-ring (bicyclic) bond motifs is 2. The maximum absolute atomic E-state index is 14.2. The summed E-state index contributed by atoms with van der Waals surface area (Å²) in [5.74, 6) is 1.07. The summed E-state index contributed by atoms with van der Waals surface area (Å²) in [4.78, 5) is 18.4. The molecule has 6 rings (SSSR count). The highest BCUT2D eigenvalue weighted by atomic mass is 19.1. The lowest BCUT2D eigenvalue weighted by Crippen LogP contribution is -2.35. The molecule has 4 heterocycles. The number of aromatic nitrogens is 5. The minimum Gasteiger partial charge on any atom is -0.489 e. The molecule has 1 N–H and O–H groups in total. The topological polar surface area (TPSA) is 71.9 Å². The first-order valence-electron chi connectivity index (χ1n) is 13.2. The maximum Gasteiger partial charge on any atom is 0.182 e. The summed E-state index contributed by atoms with van der Waals surface area (Å²) in [5, 5.41) is 0.791. The zero-order chi connectivity index (χ0) is 25.9. The lowest BCUT2D eigenvalue weighted by atomic mass is 10.1. The van der Waals surface area contributed by atoms with E-state index in [1.54, 1.807) is 18.7 Å². The van der Waals surface area contributed by atoms with Crippen LogP contribution in [0.1, 0.15) is 37.7 Å². The fraction of sp³-hybridized carbons (Fsp3) is 0.345. The molecule has 1 aliphatic heterocycles. The molecule has 196 valence electrons. The van der Waals surface area contributed by atoms with E-state index in [2.05, 4.69) is 29.4 Å². The summed E-state index contributed by atoms with van der Waals surface area (Å²) >= 11 is 0. The highest BCUT2D eigenvalue weighted by Crippen LogP contribution is 2.32. The van der Waals surface area contributed by atoms with E-state index in [1.165, 1.54) is 18.2 Å². The van der Waals surface area contributed by atoms with Crippen molar-refractivity contribution in [1.29, 1.82) is 0 Å². The number of halogens is 2. The van der Waals surface area contributed by atoms with Crippen LogP contribution >= 0.6 is 0 Å². The molecule has 0 radical (unpaired) electrons. The zero-order valence-corrected chi connectivity index (χ0v) is 21.1. The van der Waals surface area contributed by atoms with Crippen LogP contribution in [-0.4, -0.2) is 43.7 Å². The predicted molar refractivity (Wildman–Crippen MR) is 143 cm³/mol. The number of rotatable bonds is 10. The molecule has 0 saturated carbocycles. The van der Waals surface area contributed by atoms with Gasteiger partial charge in [-0.1, -0.05) is 18.6 Å². The first kappa shape index (κ1) is 24.3. The quantitative estimate of drug-likeness (QED) is 0.229. The minimum absolute atomic E-state index is 0.148. The zero-order valence-electron chi connectivity index (χ0n) is 21.1. The minimum atomic E-state index is -0.274. The lowest BCUT2D eigenvalue weighted by molar-refractivity contribution is 0.290. The third kappa shape index (κ3) is 5.05. The number of anilines is 1. The van der Waals surface area contributed by atoms with Crippen LogP contribution in [-0.2, 0) is 13.0 Å². The Morgan fingerprint density at radius 2 is 1.84 bits per heavy atom. The predicted octanol–water partition coefficient (Wildman–Crippen LogP) is 6.05. The van der Waals surface area contributed by atoms with Crippen LogP contribution < -0.4 is 9.64 Å². The Bertz CT molecular complexity index is 1530. The van der Waals surface area contributed by atoms with Gasteiger partial charge in [0.1, 0.15) is 35.8 Å². The first-order chi connectivity index (χ1) is 18.7. The molecule has 1 aliphatic rings. The highest BCUT2D eigenvalue weighted by Gasteiger charge is 2.28. The van der Waals surface area contributed by atoms with E-state index in [4.69, 9.17) is 4.74 Å². The Morgan fingerprint density at radius 1 is 0.974 bits per heavy atom. The van der Waals surface area contributed by atoms with E-state index in [0.717, 1.165) is 79.4 Å². The number of nitrogens with one attached hydrogen (secondary N) is 1. The van der Waals surface area contributed by atoms with Gasteiger partial charge in [0.15, 0.2) is 11.5 Å². The van der Waals surface area contributed by atoms with E-state index < -0.39 is 0 Å². The number of H-pyrrole nitrogens is 1. The number of unbranched alkanes of at least 4 members (excludes halogenated alkanes) is 2. The van der Waals surface area contributed by atoms with Gasteiger partial charge in [-0.25, -0.2) is 23.7 Å². The Kier molecular flexibility index (Phi) is 6.90. The summed E-state index contributed by atoms with van der Waals surface area (Å²) in [5.41, 5.74) is 3.61. The van der Waals surface area contributed by atoms with Crippen LogP contribution in [0.15, 0.2) is 61.3 Å². The third-order valence-corrected chi connectivity index (χ3v) is 7.37. The van der Waals surface area contributed by atoms with Gasteiger partial charge in [-0.2, -0.15) is 0 Å². The molecule has 38 heavy (non-hydrogen) atoms. The molecule has 1 saturated heterocycles. The van der Waals surface area contributed by atoms with Crippen LogP contribution in [0, 0.1) is 11.6 Å². The molecule has 5 aromatic rings. The van der Waals surface area contributed by atoms with Crippen molar-refractivity contribution in [1.82, 2.24) is 24.5 Å². The van der Waals surface area contributed by atoms with Crippen LogP contribution in [0.25, 0.3) is 22.1 Å². The summed E-state index contributed by atoms with van der Waals surface area (Å²) in [6.07, 6.45) is 11.2. The molecular formula is C29H30F2N6O. The Balaban J connectivity index is 1.11. The smallest absolute Gasteiger partial charge is 0.182 e. The summed E-state index contributed by atoms with van der Waals surface area (Å²) in [6.45, 7) is 2.18. The fourth-order valence-electron chi connectivity index (χ4n) is 5.42. The van der Waals surface area contributed by atoms with Gasteiger partial charge < -0.3 is 19.2 Å². The van der Waals surface area contributed by atoms with Crippen molar-refractivity contribution in [2.24, 2.45) is 0 Å². The standard InChI is InChI=1S/C29H30F2N6O/c30-21-9-7-20(8-10-21)5-2-1-3-13-36-16-26(24-15-22(31)11-12-25(24)36)38-17-23-6-4-14-37(23)29-27-28(33-18-32-27)34-19-35-29/h7-12,15-16,18-19,23H,1-6,13-14,17H2,(H,32,33,34,35)/t23-/m1/s1. The average Bonchev–Trinajstić information content (AvgIpc) is 3.67. The van der Waals surface area contributed by atoms with Gasteiger partial charge in [-0.15, -0.1) is 0 Å². The number of hydrogen-bond acceptors (Lipinski definition) is 5. The Labute approximate surface area is 219 Å². The van der Waals surface area contributed by atoms with Gasteiger partial charge in [0, 0.05) is 24.7 Å². The summed E-state index contributed by atoms with van der Waals surface area (Å²) < 4.78 is 35.8. The highest BCUT2D eigenvalue weighted by molar-refractivity contribution is 5.87. The molecule has 0 amide bonds. The third-order valence-electron chi connectivity index (χ3n) is 7.37. The Hall–Kier alpha value is -4.01. The second-order valence-corrected chi connectivity index (χ2v) is 9.88. The van der Waals surface area contributed by atoms with Crippen molar-refractivity contribution in [3.05, 3.63) is 78.5 Å². The number of aryl methyl sites for hydroxylation is 2. The van der Waals surface area contributed by atoms with Gasteiger partial charge in [0.25, 0.3) is 0 Å². The molecule has 9 heteroatoms. The number of imidazole rings is 1. The van der Waals surface area contributed by atoms with E-state index in [0.29, 0.717) is 18.0 Å². The van der Waals surface area contributed by atoms with E-state index in [1.807, 2.05) is 24.4 Å². The molecule has 1 fully saturated rings. The van der Waals surface area contributed by atoms with Crippen LogP contribution in [0.2, 0.25) is 0 Å². The van der Waals surface area contributed by atoms with Gasteiger partial charge in [0.2, 0.25) is 0 Å². The van der Waals surface area contributed by atoms with Crippen molar-refractivity contribution in [2.45, 2.75) is 51.1 Å². The van der Waals surface area contributed by atoms with E-state index >= 15 is 0 Å². The monoisotopic (exact) mass is 516 g/mol. The number of hydrogen-bond donors (Lipinski definition) is 1. The van der Waals surface area contributed by atoms with Crippen LogP contribution in [0.5, 0.6) is 5.75 Å². The molecule has 0 aliphatic carbocycles. The maximum atomic E-state index is 14.2. The average molecular weight is 517 g/mol. The van der Waals surface area contributed by atoms with Crippen LogP contribution in [0.4, 0.5) is 14.6 Å². The molecular weight excluding hydrogens is 486 g/mol. The molecule has 0 unspecified atom stereocenters. The SMILES string of the molecule is Fc1ccc(CCCCCn2cc(OC[C@H]3CCCN3c3ncnc4nc[nH]c34)c3cc(F)ccc32)cc1. The summed E-state index contributed by atoms with van der Waals surface area (Å²) in [6, 6.07) is 11.8. The van der Waals surface area contributed by atoms with E-state index in [-0.39, 0.29) is 17.7 Å². The van der Waals surface area contributed by atoms with Gasteiger partial charge >= 0.3 is 0 Å². The number of ether oxygens (including phenoxy) is 1. The summed E-state index contributed by atoms with van der Waals surface area (Å²) in [7, 11) is 0. The second-order valence-electron chi connectivity index (χ2n) is 9.88. The molecule has 0 spiro atoms. The fourth-order valence-corrected chi connectivity index (χ4v) is 5.42.